The molecule has 18 heavy (non-hydrogen) atoms. The van der Waals surface area contributed by atoms with E-state index in [-0.39, 0.29) is 15.3 Å². The lowest BCUT2D eigenvalue weighted by atomic mass is 10.2. The summed E-state index contributed by atoms with van der Waals surface area (Å²) in [6, 6.07) is 0. The summed E-state index contributed by atoms with van der Waals surface area (Å²) in [5.74, 6) is -0.654. The molecule has 1 aromatic rings. The molecule has 0 atom stereocenters. The average molecular weight is 298 g/mol. The van der Waals surface area contributed by atoms with E-state index in [0.717, 1.165) is 16.2 Å². The van der Waals surface area contributed by atoms with Crippen LogP contribution in [0.25, 0.3) is 0 Å². The Morgan fingerprint density at radius 3 is 2.50 bits per heavy atom. The van der Waals surface area contributed by atoms with Crippen LogP contribution in [0.3, 0.4) is 0 Å². The monoisotopic (exact) mass is 298 g/mol. The number of hydrogen-bond acceptors (Lipinski definition) is 4. The highest BCUT2D eigenvalue weighted by atomic mass is 32.2. The first-order valence-electron chi connectivity index (χ1n) is 4.79. The molecular formula is C9H12F2N2O3S2. The number of sulfonamides is 1. The molecule has 1 rings (SSSR count). The molecule has 0 radical (unpaired) electrons. The number of carbonyl (C=O) groups excluding carboxylic acids is 1. The first-order chi connectivity index (χ1) is 8.14. The Balaban J connectivity index is 3.06. The zero-order chi connectivity index (χ0) is 14.1. The quantitative estimate of drug-likeness (QED) is 0.902. The van der Waals surface area contributed by atoms with E-state index in [1.165, 1.54) is 19.4 Å². The molecule has 0 unspecified atom stereocenters. The summed E-state index contributed by atoms with van der Waals surface area (Å²) in [4.78, 5) is 12.6. The summed E-state index contributed by atoms with van der Waals surface area (Å²) >= 11 is 0.800. The predicted molar refractivity (Wildman–Crippen MR) is 63.4 cm³/mol. The first kappa shape index (κ1) is 15.0. The van der Waals surface area contributed by atoms with Crippen molar-refractivity contribution in [3.8, 4) is 0 Å². The molecule has 0 aliphatic carbocycles. The minimum absolute atomic E-state index is 0.0761. The van der Waals surface area contributed by atoms with Gasteiger partial charge in [0.2, 0.25) is 10.0 Å². The average Bonchev–Trinajstić information content (AvgIpc) is 2.57. The van der Waals surface area contributed by atoms with E-state index in [9.17, 15) is 22.0 Å². The molecule has 0 aliphatic heterocycles. The second-order valence-corrected chi connectivity index (χ2v) is 6.32. The molecule has 9 heteroatoms. The van der Waals surface area contributed by atoms with Crippen molar-refractivity contribution in [3.63, 3.8) is 0 Å². The van der Waals surface area contributed by atoms with E-state index in [4.69, 9.17) is 5.14 Å². The largest absolute Gasteiger partial charge is 0.336 e. The van der Waals surface area contributed by atoms with Gasteiger partial charge in [-0.05, 0) is 12.5 Å². The van der Waals surface area contributed by atoms with Gasteiger partial charge in [0.25, 0.3) is 12.3 Å². The van der Waals surface area contributed by atoms with Gasteiger partial charge in [-0.15, -0.1) is 11.3 Å². The number of rotatable bonds is 4. The fourth-order valence-corrected chi connectivity index (χ4v) is 3.39. The number of alkyl halides is 2. The topological polar surface area (TPSA) is 80.5 Å². The van der Waals surface area contributed by atoms with Crippen molar-refractivity contribution in [1.29, 1.82) is 0 Å². The Kier molecular flexibility index (Phi) is 4.41. The maximum atomic E-state index is 12.1. The van der Waals surface area contributed by atoms with Crippen molar-refractivity contribution in [1.82, 2.24) is 4.90 Å². The van der Waals surface area contributed by atoms with E-state index < -0.39 is 28.9 Å². The van der Waals surface area contributed by atoms with Crippen LogP contribution in [0.5, 0.6) is 0 Å². The Labute approximate surface area is 107 Å². The molecule has 0 aromatic carbocycles. The van der Waals surface area contributed by atoms with E-state index in [1.807, 2.05) is 0 Å². The van der Waals surface area contributed by atoms with Gasteiger partial charge in [0.05, 0.1) is 12.1 Å². The first-order valence-corrected chi connectivity index (χ1v) is 7.21. The van der Waals surface area contributed by atoms with Gasteiger partial charge >= 0.3 is 0 Å². The van der Waals surface area contributed by atoms with Gasteiger partial charge in [0.15, 0.2) is 0 Å². The van der Waals surface area contributed by atoms with E-state index in [1.54, 1.807) is 0 Å². The van der Waals surface area contributed by atoms with Crippen molar-refractivity contribution in [2.24, 2.45) is 5.14 Å². The molecule has 0 saturated carbocycles. The number of hydrogen-bond donors (Lipinski definition) is 1. The summed E-state index contributed by atoms with van der Waals surface area (Å²) in [5, 5.41) is 6.27. The molecule has 1 aromatic heterocycles. The molecule has 0 bridgehead atoms. The minimum atomic E-state index is -3.90. The fraction of sp³-hybridized carbons (Fsp3) is 0.444. The molecule has 0 aliphatic rings. The van der Waals surface area contributed by atoms with Crippen LogP contribution in [0.2, 0.25) is 0 Å². The molecule has 5 nitrogen and oxygen atoms in total. The van der Waals surface area contributed by atoms with Crippen molar-refractivity contribution in [2.45, 2.75) is 17.6 Å². The highest BCUT2D eigenvalue weighted by Crippen LogP contribution is 2.26. The van der Waals surface area contributed by atoms with Gasteiger partial charge in [0.1, 0.15) is 4.21 Å². The third-order valence-corrected chi connectivity index (χ3v) is 4.92. The molecule has 1 amide bonds. The normalized spacial score (nSPS) is 11.9. The zero-order valence-corrected chi connectivity index (χ0v) is 11.3. The van der Waals surface area contributed by atoms with Crippen molar-refractivity contribution < 1.29 is 22.0 Å². The van der Waals surface area contributed by atoms with Crippen molar-refractivity contribution >= 4 is 27.3 Å². The van der Waals surface area contributed by atoms with Gasteiger partial charge in [-0.2, -0.15) is 0 Å². The van der Waals surface area contributed by atoms with Crippen LogP contribution in [0, 0.1) is 6.92 Å². The zero-order valence-electron chi connectivity index (χ0n) is 9.68. The third kappa shape index (κ3) is 3.24. The van der Waals surface area contributed by atoms with Crippen LogP contribution in [0.4, 0.5) is 8.78 Å². The number of halogens is 2. The highest BCUT2D eigenvalue weighted by Gasteiger charge is 2.23. The summed E-state index contributed by atoms with van der Waals surface area (Å²) in [6.07, 6.45) is -2.64. The van der Waals surface area contributed by atoms with E-state index >= 15 is 0 Å². The standard InChI is InChI=1S/C9H12F2N2O3S2/c1-5-6(4-17-9(5)18(12,15)16)8(14)13(2)3-7(10)11/h4,7H,3H2,1-2H3,(H2,12,15,16). The summed E-state index contributed by atoms with van der Waals surface area (Å²) < 4.78 is 46.5. The SMILES string of the molecule is Cc1c(C(=O)N(C)CC(F)F)csc1S(N)(=O)=O. The van der Waals surface area contributed by atoms with Crippen LogP contribution in [-0.2, 0) is 10.0 Å². The Morgan fingerprint density at radius 2 is 2.11 bits per heavy atom. The number of nitrogens with two attached hydrogens (primary N) is 1. The van der Waals surface area contributed by atoms with Crippen molar-refractivity contribution in [2.75, 3.05) is 13.6 Å². The second-order valence-electron chi connectivity index (χ2n) is 3.68. The summed E-state index contributed by atoms with van der Waals surface area (Å²) in [7, 11) is -2.67. The van der Waals surface area contributed by atoms with Gasteiger partial charge < -0.3 is 4.90 Å². The maximum absolute atomic E-state index is 12.1. The van der Waals surface area contributed by atoms with Crippen molar-refractivity contribution in [3.05, 3.63) is 16.5 Å². The number of carbonyl (C=O) groups is 1. The summed E-state index contributed by atoms with van der Waals surface area (Å²) in [6.45, 7) is 0.707. The van der Waals surface area contributed by atoms with Gasteiger partial charge in [-0.1, -0.05) is 0 Å². The summed E-state index contributed by atoms with van der Waals surface area (Å²) in [5.41, 5.74) is 0.265. The molecule has 0 spiro atoms. The number of primary sulfonamides is 1. The van der Waals surface area contributed by atoms with Crippen LogP contribution in [0.1, 0.15) is 15.9 Å². The van der Waals surface area contributed by atoms with Crippen LogP contribution >= 0.6 is 11.3 Å². The lowest BCUT2D eigenvalue weighted by molar-refractivity contribution is 0.0620. The molecule has 0 saturated heterocycles. The Morgan fingerprint density at radius 1 is 1.56 bits per heavy atom. The Bertz CT molecular complexity index is 554. The molecule has 2 N–H and O–H groups in total. The molecular weight excluding hydrogens is 286 g/mol. The van der Waals surface area contributed by atoms with E-state index in [2.05, 4.69) is 0 Å². The fourth-order valence-electron chi connectivity index (χ4n) is 1.39. The highest BCUT2D eigenvalue weighted by molar-refractivity contribution is 7.91. The number of thiophene rings is 1. The molecule has 0 fully saturated rings. The lowest BCUT2D eigenvalue weighted by Gasteiger charge is -2.16. The number of amides is 1. The van der Waals surface area contributed by atoms with Crippen LogP contribution in [0.15, 0.2) is 9.59 Å². The minimum Gasteiger partial charge on any atom is -0.336 e. The van der Waals surface area contributed by atoms with Gasteiger partial charge in [-0.3, -0.25) is 4.79 Å². The Hall–Kier alpha value is -1.06. The molecule has 1 heterocycles. The van der Waals surface area contributed by atoms with Gasteiger partial charge in [0, 0.05) is 12.4 Å². The second kappa shape index (κ2) is 5.29. The van der Waals surface area contributed by atoms with Crippen LogP contribution in [-0.4, -0.2) is 39.2 Å². The maximum Gasteiger partial charge on any atom is 0.255 e. The van der Waals surface area contributed by atoms with Gasteiger partial charge in [-0.25, -0.2) is 22.3 Å². The predicted octanol–water partition coefficient (Wildman–Crippen LogP) is 1.04. The lowest BCUT2D eigenvalue weighted by Crippen LogP contribution is -2.31. The van der Waals surface area contributed by atoms with E-state index in [0.29, 0.717) is 0 Å². The molecule has 102 valence electrons. The smallest absolute Gasteiger partial charge is 0.255 e. The third-order valence-electron chi connectivity index (χ3n) is 2.24. The van der Waals surface area contributed by atoms with Crippen LogP contribution < -0.4 is 5.14 Å². The number of nitrogens with zero attached hydrogens (tertiary/aromatic N) is 1.